The van der Waals surface area contributed by atoms with E-state index >= 15 is 0 Å². The van der Waals surface area contributed by atoms with Crippen molar-refractivity contribution < 1.29 is 74.9 Å². The normalized spacial score (nSPS) is 12.5. The smallest absolute Gasteiger partial charge is 0.0534 e. The van der Waals surface area contributed by atoms with Gasteiger partial charge in [0.25, 0.3) is 0 Å². The summed E-state index contributed by atoms with van der Waals surface area (Å²) < 4.78 is 10.9. The summed E-state index contributed by atoms with van der Waals surface area (Å²) in [5.41, 5.74) is 0. The van der Waals surface area contributed by atoms with Gasteiger partial charge in [-0.1, -0.05) is 54.6 Å². The molecule has 0 aliphatic rings. The fourth-order valence-electron chi connectivity index (χ4n) is 1.43. The van der Waals surface area contributed by atoms with Crippen LogP contribution in [0, 0.1) is 25.2 Å². The molecular weight excluding hydrogens is 426 g/mol. The molecule has 0 saturated heterocycles. The maximum atomic E-state index is 5.53. The van der Waals surface area contributed by atoms with Crippen LogP contribution in [0.15, 0.2) is 0 Å². The first-order chi connectivity index (χ1) is 9.51. The molecule has 2 unspecified atom stereocenters. The van der Waals surface area contributed by atoms with E-state index in [2.05, 4.69) is 54.9 Å². The molecule has 0 aliphatic carbocycles. The topological polar surface area (TPSA) is 18.5 Å². The first-order valence-corrected chi connectivity index (χ1v) is 8.35. The zero-order chi connectivity index (χ0) is 15.8. The van der Waals surface area contributed by atoms with Crippen molar-refractivity contribution in [1.82, 2.24) is 0 Å². The van der Waals surface area contributed by atoms with Gasteiger partial charge >= 0.3 is 0 Å². The van der Waals surface area contributed by atoms with Crippen LogP contribution in [0.3, 0.4) is 0 Å². The van der Waals surface area contributed by atoms with E-state index in [-0.39, 0.29) is 65.4 Å². The van der Waals surface area contributed by atoms with Gasteiger partial charge in [0, 0.05) is 78.6 Å². The van der Waals surface area contributed by atoms with Crippen molar-refractivity contribution in [2.75, 3.05) is 19.8 Å². The molecule has 0 saturated carbocycles. The fraction of sp³-hybridized carbons (Fsp3) is 0.889. The standard InChI is InChI=1S/2C9H19O.2Y/c1-5-9(4)7-10-6-8(2)3;1-4-7-8-10-9(5-2)6-3;;/h8-9H,2,5-7H2,1,3-4H3;7,9H,4-6,8H2,1-3H3;;/q2*-1;;. The number of hydrogen-bond acceptors (Lipinski definition) is 2. The molecular formula is C18H38O2Y2-2. The van der Waals surface area contributed by atoms with Gasteiger partial charge in [0.05, 0.1) is 6.10 Å². The number of unbranched alkanes of at least 4 members (excludes halogenated alkanes) is 1. The second kappa shape index (κ2) is 25.4. The number of hydrogen-bond donors (Lipinski definition) is 0. The van der Waals surface area contributed by atoms with Gasteiger partial charge in [-0.25, -0.2) is 0 Å². The van der Waals surface area contributed by atoms with Crippen LogP contribution in [0.2, 0.25) is 0 Å². The summed E-state index contributed by atoms with van der Waals surface area (Å²) in [4.78, 5) is 0. The van der Waals surface area contributed by atoms with Crippen molar-refractivity contribution in [2.45, 2.75) is 73.3 Å². The second-order valence-corrected chi connectivity index (χ2v) is 5.62. The molecule has 0 aromatic heterocycles. The van der Waals surface area contributed by atoms with Crippen LogP contribution in [0.4, 0.5) is 0 Å². The number of ether oxygens (including phenoxy) is 2. The minimum Gasteiger partial charge on any atom is -0.410 e. The predicted octanol–water partition coefficient (Wildman–Crippen LogP) is 5.32. The summed E-state index contributed by atoms with van der Waals surface area (Å²) in [6.07, 6.45) is 7.22. The van der Waals surface area contributed by atoms with E-state index in [1.807, 2.05) is 0 Å². The van der Waals surface area contributed by atoms with Gasteiger partial charge in [0.1, 0.15) is 0 Å². The van der Waals surface area contributed by atoms with Gasteiger partial charge in [-0.2, -0.15) is 6.42 Å². The molecule has 0 amide bonds. The third kappa shape index (κ3) is 27.0. The van der Waals surface area contributed by atoms with Gasteiger partial charge < -0.3 is 22.8 Å². The average Bonchev–Trinajstić information content (AvgIpc) is 2.44. The summed E-state index contributed by atoms with van der Waals surface area (Å²) in [6.45, 7) is 19.3. The molecule has 0 aromatic rings. The summed E-state index contributed by atoms with van der Waals surface area (Å²) in [5.74, 6) is 1.11. The van der Waals surface area contributed by atoms with E-state index in [1.54, 1.807) is 0 Å². The van der Waals surface area contributed by atoms with Crippen LogP contribution in [0.5, 0.6) is 0 Å². The monoisotopic (exact) mass is 464 g/mol. The Hall–Kier alpha value is 2.13. The molecule has 0 heterocycles. The van der Waals surface area contributed by atoms with E-state index in [0.29, 0.717) is 17.9 Å². The molecule has 0 aromatic carbocycles. The Balaban J connectivity index is -0.000000135. The van der Waals surface area contributed by atoms with Crippen molar-refractivity contribution >= 4 is 0 Å². The van der Waals surface area contributed by atoms with Crippen molar-refractivity contribution in [3.8, 4) is 0 Å². The van der Waals surface area contributed by atoms with Crippen LogP contribution >= 0.6 is 0 Å². The second-order valence-electron chi connectivity index (χ2n) is 5.62. The van der Waals surface area contributed by atoms with E-state index in [1.165, 1.54) is 6.42 Å². The Morgan fingerprint density at radius 3 is 1.82 bits per heavy atom. The van der Waals surface area contributed by atoms with Gasteiger partial charge in [-0.05, 0) is 18.8 Å². The Morgan fingerprint density at radius 1 is 0.909 bits per heavy atom. The Bertz CT molecular complexity index is 174. The van der Waals surface area contributed by atoms with Crippen LogP contribution in [0.1, 0.15) is 67.2 Å². The largest absolute Gasteiger partial charge is 0.410 e. The molecule has 130 valence electrons. The van der Waals surface area contributed by atoms with Crippen molar-refractivity contribution in [3.05, 3.63) is 13.3 Å². The molecule has 0 N–H and O–H groups in total. The maximum absolute atomic E-state index is 5.53. The van der Waals surface area contributed by atoms with E-state index < -0.39 is 0 Å². The molecule has 2 atom stereocenters. The SMILES string of the molecule is CC[CH-]COC(CC)CC.[CH2-]C(C)COCC(C)CC.[Y].[Y]. The molecule has 0 fully saturated rings. The predicted molar refractivity (Wildman–Crippen MR) is 89.7 cm³/mol. The summed E-state index contributed by atoms with van der Waals surface area (Å²) in [5, 5.41) is 0. The zero-order valence-corrected chi connectivity index (χ0v) is 21.6. The Kier molecular flexibility index (Phi) is 36.7. The van der Waals surface area contributed by atoms with Crippen molar-refractivity contribution in [1.29, 1.82) is 0 Å². The number of rotatable bonds is 11. The van der Waals surface area contributed by atoms with Crippen LogP contribution in [-0.2, 0) is 74.9 Å². The molecule has 2 radical (unpaired) electrons. The zero-order valence-electron chi connectivity index (χ0n) is 15.9. The Morgan fingerprint density at radius 2 is 1.45 bits per heavy atom. The minimum absolute atomic E-state index is 0. The van der Waals surface area contributed by atoms with Crippen molar-refractivity contribution in [3.63, 3.8) is 0 Å². The minimum atomic E-state index is 0. The fourth-order valence-corrected chi connectivity index (χ4v) is 1.43. The molecule has 0 aliphatic heterocycles. The Labute approximate surface area is 191 Å². The quantitative estimate of drug-likeness (QED) is 0.305. The third-order valence-corrected chi connectivity index (χ3v) is 3.15. The van der Waals surface area contributed by atoms with Crippen LogP contribution in [0.25, 0.3) is 0 Å². The first-order valence-electron chi connectivity index (χ1n) is 8.35. The molecule has 0 rings (SSSR count). The third-order valence-electron chi connectivity index (χ3n) is 3.15. The van der Waals surface area contributed by atoms with Crippen LogP contribution in [-0.4, -0.2) is 25.9 Å². The van der Waals surface area contributed by atoms with Gasteiger partial charge in [-0.3, -0.25) is 0 Å². The van der Waals surface area contributed by atoms with Gasteiger partial charge in [0.2, 0.25) is 0 Å². The van der Waals surface area contributed by atoms with Gasteiger partial charge in [-0.15, -0.1) is 5.92 Å². The average molecular weight is 464 g/mol. The first kappa shape index (κ1) is 31.9. The molecule has 0 bridgehead atoms. The van der Waals surface area contributed by atoms with E-state index in [4.69, 9.17) is 9.47 Å². The summed E-state index contributed by atoms with van der Waals surface area (Å²) >= 11 is 0. The van der Waals surface area contributed by atoms with Crippen molar-refractivity contribution in [2.24, 2.45) is 11.8 Å². The van der Waals surface area contributed by atoms with E-state index in [9.17, 15) is 0 Å². The maximum Gasteiger partial charge on any atom is 0.0534 e. The molecule has 22 heavy (non-hydrogen) atoms. The molecule has 2 nitrogen and oxygen atoms in total. The summed E-state index contributed by atoms with van der Waals surface area (Å²) in [7, 11) is 0. The summed E-state index contributed by atoms with van der Waals surface area (Å²) in [6, 6.07) is 0. The van der Waals surface area contributed by atoms with E-state index in [0.717, 1.165) is 39.1 Å². The molecule has 0 spiro atoms. The molecule has 4 heteroatoms. The van der Waals surface area contributed by atoms with Crippen LogP contribution < -0.4 is 0 Å². The van der Waals surface area contributed by atoms with Gasteiger partial charge in [0.15, 0.2) is 0 Å².